The van der Waals surface area contributed by atoms with Crippen LogP contribution in [0.4, 0.5) is 18.3 Å². The van der Waals surface area contributed by atoms with Crippen molar-refractivity contribution < 1.29 is 27.8 Å². The lowest BCUT2D eigenvalue weighted by Crippen LogP contribution is -2.50. The largest absolute Gasteiger partial charge is 0.480 e. The van der Waals surface area contributed by atoms with Gasteiger partial charge in [0.15, 0.2) is 0 Å². The van der Waals surface area contributed by atoms with Crippen molar-refractivity contribution in [2.75, 3.05) is 18.5 Å². The third-order valence-electron chi connectivity index (χ3n) is 2.77. The Kier molecular flexibility index (Phi) is 3.63. The van der Waals surface area contributed by atoms with E-state index in [1.165, 1.54) is 0 Å². The molecule has 0 aromatic carbocycles. The number of anilines is 1. The maximum Gasteiger partial charge on any atom is 0.445 e. The molecule has 0 radical (unpaired) electrons. The van der Waals surface area contributed by atoms with Gasteiger partial charge in [-0.2, -0.15) is 13.2 Å². The molecular formula is C9H10F3N3O3S. The van der Waals surface area contributed by atoms with E-state index in [4.69, 9.17) is 4.74 Å². The van der Waals surface area contributed by atoms with Gasteiger partial charge in [0.05, 0.1) is 0 Å². The highest BCUT2D eigenvalue weighted by Crippen LogP contribution is 2.35. The molecule has 2 heterocycles. The number of hydrogen-bond acceptors (Lipinski definition) is 6. The first kappa shape index (κ1) is 14.0. The van der Waals surface area contributed by atoms with Crippen molar-refractivity contribution in [1.82, 2.24) is 10.2 Å². The highest BCUT2D eigenvalue weighted by Gasteiger charge is 2.42. The van der Waals surface area contributed by atoms with Crippen molar-refractivity contribution in [2.24, 2.45) is 0 Å². The summed E-state index contributed by atoms with van der Waals surface area (Å²) in [4.78, 5) is 11.3. The van der Waals surface area contributed by atoms with Gasteiger partial charge in [0, 0.05) is 26.1 Å². The summed E-state index contributed by atoms with van der Waals surface area (Å²) in [5.41, 5.74) is -1.35. The van der Waals surface area contributed by atoms with Crippen molar-refractivity contribution >= 4 is 22.4 Å². The Balaban J connectivity index is 2.18. The second-order valence-electron chi connectivity index (χ2n) is 4.03. The maximum atomic E-state index is 12.4. The van der Waals surface area contributed by atoms with Crippen LogP contribution in [0.5, 0.6) is 0 Å². The highest BCUT2D eigenvalue weighted by molar-refractivity contribution is 7.15. The van der Waals surface area contributed by atoms with Gasteiger partial charge in [0.2, 0.25) is 10.1 Å². The van der Waals surface area contributed by atoms with E-state index in [0.29, 0.717) is 0 Å². The Hall–Kier alpha value is -1.42. The summed E-state index contributed by atoms with van der Waals surface area (Å²) in [7, 11) is 0. The third kappa shape index (κ3) is 2.95. The number of nitrogens with zero attached hydrogens (tertiary/aromatic N) is 2. The van der Waals surface area contributed by atoms with Crippen LogP contribution in [0.3, 0.4) is 0 Å². The summed E-state index contributed by atoms with van der Waals surface area (Å²) in [6.45, 7) is 0.453. The number of aliphatic carboxylic acids is 1. The molecule has 2 rings (SSSR count). The summed E-state index contributed by atoms with van der Waals surface area (Å²) in [6, 6.07) is 0. The summed E-state index contributed by atoms with van der Waals surface area (Å²) < 4.78 is 42.2. The van der Waals surface area contributed by atoms with E-state index < -0.39 is 22.7 Å². The Labute approximate surface area is 109 Å². The number of alkyl halides is 3. The first-order valence-electron chi connectivity index (χ1n) is 5.33. The van der Waals surface area contributed by atoms with Crippen LogP contribution in [-0.4, -0.2) is 40.0 Å². The minimum absolute atomic E-state index is 0.156. The number of carboxylic acids is 1. The molecule has 1 fully saturated rings. The lowest BCUT2D eigenvalue weighted by atomic mass is 9.90. The topological polar surface area (TPSA) is 84.3 Å². The smallest absolute Gasteiger partial charge is 0.445 e. The molecule has 0 atom stereocenters. The molecule has 2 N–H and O–H groups in total. The van der Waals surface area contributed by atoms with E-state index in [1.54, 1.807) is 0 Å². The molecule has 106 valence electrons. The normalized spacial score (nSPS) is 19.1. The van der Waals surface area contributed by atoms with Gasteiger partial charge in [-0.1, -0.05) is 11.3 Å². The molecular weight excluding hydrogens is 287 g/mol. The molecule has 1 aromatic rings. The predicted molar refractivity (Wildman–Crippen MR) is 59.0 cm³/mol. The molecule has 0 saturated carbocycles. The minimum Gasteiger partial charge on any atom is -0.480 e. The number of rotatable bonds is 3. The maximum absolute atomic E-state index is 12.4. The molecule has 0 aliphatic carbocycles. The van der Waals surface area contributed by atoms with Crippen LogP contribution in [0.25, 0.3) is 0 Å². The van der Waals surface area contributed by atoms with Crippen molar-refractivity contribution in [2.45, 2.75) is 24.6 Å². The summed E-state index contributed by atoms with van der Waals surface area (Å²) in [5, 5.41) is 16.9. The van der Waals surface area contributed by atoms with Crippen LogP contribution in [-0.2, 0) is 15.7 Å². The Morgan fingerprint density at radius 1 is 1.37 bits per heavy atom. The van der Waals surface area contributed by atoms with E-state index in [1.807, 2.05) is 0 Å². The molecule has 1 aliphatic heterocycles. The van der Waals surface area contributed by atoms with Gasteiger partial charge in [-0.05, 0) is 0 Å². The highest BCUT2D eigenvalue weighted by atomic mass is 32.1. The number of carbonyl (C=O) groups is 1. The van der Waals surface area contributed by atoms with Gasteiger partial charge in [0.25, 0.3) is 0 Å². The lowest BCUT2D eigenvalue weighted by Gasteiger charge is -2.33. The van der Waals surface area contributed by atoms with E-state index in [2.05, 4.69) is 15.5 Å². The minimum atomic E-state index is -4.58. The summed E-state index contributed by atoms with van der Waals surface area (Å²) in [6.07, 6.45) is -4.27. The van der Waals surface area contributed by atoms with Crippen LogP contribution >= 0.6 is 11.3 Å². The zero-order valence-electron chi connectivity index (χ0n) is 9.53. The molecule has 0 amide bonds. The average Bonchev–Trinajstić information content (AvgIpc) is 2.78. The quantitative estimate of drug-likeness (QED) is 0.881. The van der Waals surface area contributed by atoms with E-state index >= 15 is 0 Å². The lowest BCUT2D eigenvalue weighted by molar-refractivity contribution is -0.145. The Morgan fingerprint density at radius 3 is 2.47 bits per heavy atom. The number of carboxylic acid groups (broad SMARTS) is 1. The van der Waals surface area contributed by atoms with Crippen LogP contribution in [0.1, 0.15) is 17.8 Å². The molecule has 0 spiro atoms. The molecule has 6 nitrogen and oxygen atoms in total. The molecule has 1 aliphatic rings. The number of halogens is 3. The standard InChI is InChI=1S/C9H10F3N3O3S/c10-9(11,12)5-14-15-7(19-5)13-8(6(16)17)1-3-18-4-2-8/h1-4H2,(H,13,15)(H,16,17). The van der Waals surface area contributed by atoms with Crippen molar-refractivity contribution in [3.05, 3.63) is 5.01 Å². The monoisotopic (exact) mass is 297 g/mol. The average molecular weight is 297 g/mol. The summed E-state index contributed by atoms with van der Waals surface area (Å²) in [5.74, 6) is -1.14. The SMILES string of the molecule is O=C(O)C1(Nc2nnc(C(F)(F)F)s2)CCOCC1. The fourth-order valence-electron chi connectivity index (χ4n) is 1.71. The third-order valence-corrected chi connectivity index (χ3v) is 3.65. The Bertz CT molecular complexity index is 471. The summed E-state index contributed by atoms with van der Waals surface area (Å²) >= 11 is 0.287. The zero-order valence-corrected chi connectivity index (χ0v) is 10.3. The first-order valence-corrected chi connectivity index (χ1v) is 6.15. The molecule has 1 saturated heterocycles. The Morgan fingerprint density at radius 2 is 2.00 bits per heavy atom. The number of nitrogens with one attached hydrogen (secondary N) is 1. The van der Waals surface area contributed by atoms with E-state index in [0.717, 1.165) is 0 Å². The van der Waals surface area contributed by atoms with Gasteiger partial charge in [-0.25, -0.2) is 4.79 Å². The molecule has 0 unspecified atom stereocenters. The fourth-order valence-corrected chi connectivity index (χ4v) is 2.41. The number of aromatic nitrogens is 2. The van der Waals surface area contributed by atoms with Crippen LogP contribution < -0.4 is 5.32 Å². The van der Waals surface area contributed by atoms with Gasteiger partial charge < -0.3 is 15.2 Å². The molecule has 10 heteroatoms. The molecule has 19 heavy (non-hydrogen) atoms. The van der Waals surface area contributed by atoms with E-state index in [-0.39, 0.29) is 42.5 Å². The van der Waals surface area contributed by atoms with Crippen molar-refractivity contribution in [3.8, 4) is 0 Å². The second kappa shape index (κ2) is 4.93. The van der Waals surface area contributed by atoms with Crippen LogP contribution in [0.15, 0.2) is 0 Å². The van der Waals surface area contributed by atoms with Gasteiger partial charge in [-0.3, -0.25) is 0 Å². The second-order valence-corrected chi connectivity index (χ2v) is 5.01. The predicted octanol–water partition coefficient (Wildman–Crippen LogP) is 1.60. The number of hydrogen-bond donors (Lipinski definition) is 2. The van der Waals surface area contributed by atoms with Gasteiger partial charge >= 0.3 is 12.1 Å². The van der Waals surface area contributed by atoms with Crippen LogP contribution in [0.2, 0.25) is 0 Å². The number of ether oxygens (including phenoxy) is 1. The zero-order chi connectivity index (χ0) is 14.1. The van der Waals surface area contributed by atoms with Gasteiger partial charge in [0.1, 0.15) is 5.54 Å². The first-order chi connectivity index (χ1) is 8.83. The molecule has 0 bridgehead atoms. The van der Waals surface area contributed by atoms with Crippen molar-refractivity contribution in [3.63, 3.8) is 0 Å². The molecule has 1 aromatic heterocycles. The van der Waals surface area contributed by atoms with E-state index in [9.17, 15) is 23.1 Å². The van der Waals surface area contributed by atoms with Crippen molar-refractivity contribution in [1.29, 1.82) is 0 Å². The van der Waals surface area contributed by atoms with Crippen LogP contribution in [0, 0.1) is 0 Å². The fraction of sp³-hybridized carbons (Fsp3) is 0.667. The van der Waals surface area contributed by atoms with Gasteiger partial charge in [-0.15, -0.1) is 10.2 Å².